The molecule has 4 heteroatoms. The molecule has 2 rings (SSSR count). The molecule has 80 valence electrons. The minimum Gasteiger partial charge on any atom is -0.496 e. The summed E-state index contributed by atoms with van der Waals surface area (Å²) in [4.78, 5) is 11.8. The molecule has 1 aliphatic rings. The number of halogens is 1. The summed E-state index contributed by atoms with van der Waals surface area (Å²) in [6.07, 6.45) is -0.309. The average molecular weight is 227 g/mol. The topological polar surface area (TPSA) is 38.8 Å². The second kappa shape index (κ2) is 3.83. The van der Waals surface area contributed by atoms with Gasteiger partial charge in [-0.3, -0.25) is 4.79 Å². The van der Waals surface area contributed by atoms with Crippen LogP contribution in [-0.4, -0.2) is 25.6 Å². The van der Waals surface area contributed by atoms with E-state index in [9.17, 15) is 4.79 Å². The lowest BCUT2D eigenvalue weighted by Gasteiger charge is -2.10. The Morgan fingerprint density at radius 2 is 2.27 bits per heavy atom. The van der Waals surface area contributed by atoms with Crippen molar-refractivity contribution in [1.29, 1.82) is 0 Å². The molecule has 0 spiro atoms. The molecule has 15 heavy (non-hydrogen) atoms. The van der Waals surface area contributed by atoms with Crippen molar-refractivity contribution in [3.8, 4) is 5.75 Å². The molecule has 0 N–H and O–H groups in total. The molecule has 3 nitrogen and oxygen atoms in total. The highest BCUT2D eigenvalue weighted by molar-refractivity contribution is 6.31. The standard InChI is InChI=1S/C11H11ClO3/c1-6-3-7(12)4-8(11(6)14-2)10(13)9-5-15-9/h3-4,9H,5H2,1-2H3. The van der Waals surface area contributed by atoms with Crippen molar-refractivity contribution in [2.45, 2.75) is 13.0 Å². The molecule has 1 atom stereocenters. The second-order valence-corrected chi connectivity index (χ2v) is 3.93. The fourth-order valence-electron chi connectivity index (χ4n) is 1.56. The molecule has 0 radical (unpaired) electrons. The quantitative estimate of drug-likeness (QED) is 0.586. The van der Waals surface area contributed by atoms with Crippen LogP contribution < -0.4 is 4.74 Å². The number of hydrogen-bond acceptors (Lipinski definition) is 3. The van der Waals surface area contributed by atoms with E-state index in [2.05, 4.69) is 0 Å². The van der Waals surface area contributed by atoms with Crippen LogP contribution in [0.4, 0.5) is 0 Å². The monoisotopic (exact) mass is 226 g/mol. The molecule has 1 aromatic carbocycles. The maximum Gasteiger partial charge on any atom is 0.197 e. The number of ether oxygens (including phenoxy) is 2. The summed E-state index contributed by atoms with van der Waals surface area (Å²) >= 11 is 5.90. The third kappa shape index (κ3) is 1.98. The van der Waals surface area contributed by atoms with E-state index in [1.54, 1.807) is 19.2 Å². The highest BCUT2D eigenvalue weighted by atomic mass is 35.5. The van der Waals surface area contributed by atoms with Gasteiger partial charge in [-0.25, -0.2) is 0 Å². The van der Waals surface area contributed by atoms with Crippen LogP contribution in [0, 0.1) is 6.92 Å². The molecule has 0 aliphatic carbocycles. The molecule has 1 aromatic rings. The lowest BCUT2D eigenvalue weighted by atomic mass is 10.0. The molecular formula is C11H11ClO3. The number of epoxide rings is 1. The number of Topliss-reactive ketones (excluding diaryl/α,β-unsaturated/α-hetero) is 1. The Kier molecular flexibility index (Phi) is 2.67. The van der Waals surface area contributed by atoms with Gasteiger partial charge in [0, 0.05) is 5.02 Å². The third-order valence-electron chi connectivity index (χ3n) is 2.33. The highest BCUT2D eigenvalue weighted by Gasteiger charge is 2.34. The number of aryl methyl sites for hydroxylation is 1. The number of carbonyl (C=O) groups is 1. The van der Waals surface area contributed by atoms with Crippen LogP contribution in [0.25, 0.3) is 0 Å². The second-order valence-electron chi connectivity index (χ2n) is 3.49. The number of ketones is 1. The van der Waals surface area contributed by atoms with E-state index in [-0.39, 0.29) is 11.9 Å². The van der Waals surface area contributed by atoms with E-state index in [1.807, 2.05) is 6.92 Å². The maximum absolute atomic E-state index is 11.8. The summed E-state index contributed by atoms with van der Waals surface area (Å²) in [6.45, 7) is 2.35. The van der Waals surface area contributed by atoms with Gasteiger partial charge in [0.2, 0.25) is 0 Å². The Morgan fingerprint density at radius 1 is 1.60 bits per heavy atom. The van der Waals surface area contributed by atoms with E-state index >= 15 is 0 Å². The van der Waals surface area contributed by atoms with Gasteiger partial charge in [0.25, 0.3) is 0 Å². The van der Waals surface area contributed by atoms with Crippen molar-refractivity contribution < 1.29 is 14.3 Å². The van der Waals surface area contributed by atoms with Gasteiger partial charge in [0.05, 0.1) is 19.3 Å². The van der Waals surface area contributed by atoms with Crippen molar-refractivity contribution in [2.24, 2.45) is 0 Å². The summed E-state index contributed by atoms with van der Waals surface area (Å²) in [5.74, 6) is 0.525. The van der Waals surface area contributed by atoms with E-state index in [0.29, 0.717) is 22.9 Å². The third-order valence-corrected chi connectivity index (χ3v) is 2.55. The van der Waals surface area contributed by atoms with Crippen LogP contribution in [0.5, 0.6) is 5.75 Å². The van der Waals surface area contributed by atoms with Crippen LogP contribution in [0.2, 0.25) is 5.02 Å². The Hall–Kier alpha value is -1.06. The van der Waals surface area contributed by atoms with Crippen LogP contribution in [0.3, 0.4) is 0 Å². The predicted molar refractivity (Wildman–Crippen MR) is 56.8 cm³/mol. The van der Waals surface area contributed by atoms with Crippen molar-refractivity contribution in [3.05, 3.63) is 28.3 Å². The summed E-state index contributed by atoms with van der Waals surface area (Å²) in [5, 5.41) is 0.539. The molecule has 0 saturated carbocycles. The summed E-state index contributed by atoms with van der Waals surface area (Å²) < 4.78 is 10.2. The van der Waals surface area contributed by atoms with Gasteiger partial charge in [-0.1, -0.05) is 11.6 Å². The van der Waals surface area contributed by atoms with Crippen LogP contribution in [0.15, 0.2) is 12.1 Å². The first-order valence-corrected chi connectivity index (χ1v) is 5.01. The number of carbonyl (C=O) groups excluding carboxylic acids is 1. The van der Waals surface area contributed by atoms with Crippen LogP contribution >= 0.6 is 11.6 Å². The molecule has 1 heterocycles. The molecule has 0 bridgehead atoms. The Labute approximate surface area is 92.9 Å². The SMILES string of the molecule is COc1c(C)cc(Cl)cc1C(=O)C1CO1. The van der Waals surface area contributed by atoms with E-state index in [0.717, 1.165) is 5.56 Å². The molecule has 0 aromatic heterocycles. The van der Waals surface area contributed by atoms with E-state index in [4.69, 9.17) is 21.1 Å². The maximum atomic E-state index is 11.8. The Morgan fingerprint density at radius 3 is 2.80 bits per heavy atom. The van der Waals surface area contributed by atoms with Gasteiger partial charge in [-0.05, 0) is 24.6 Å². The van der Waals surface area contributed by atoms with Crippen molar-refractivity contribution in [2.75, 3.05) is 13.7 Å². The van der Waals surface area contributed by atoms with Gasteiger partial charge >= 0.3 is 0 Å². The average Bonchev–Trinajstić information content (AvgIpc) is 2.98. The zero-order valence-corrected chi connectivity index (χ0v) is 9.30. The lowest BCUT2D eigenvalue weighted by molar-refractivity contribution is 0.0950. The van der Waals surface area contributed by atoms with Crippen molar-refractivity contribution >= 4 is 17.4 Å². The van der Waals surface area contributed by atoms with E-state index in [1.165, 1.54) is 0 Å². The molecule has 1 fully saturated rings. The Balaban J connectivity index is 2.47. The fraction of sp³-hybridized carbons (Fsp3) is 0.364. The highest BCUT2D eigenvalue weighted by Crippen LogP contribution is 2.30. The Bertz CT molecular complexity index is 411. The van der Waals surface area contributed by atoms with Gasteiger partial charge < -0.3 is 9.47 Å². The largest absolute Gasteiger partial charge is 0.496 e. The fourth-order valence-corrected chi connectivity index (χ4v) is 1.83. The minimum atomic E-state index is -0.309. The first kappa shape index (κ1) is 10.5. The zero-order valence-electron chi connectivity index (χ0n) is 8.54. The molecular weight excluding hydrogens is 216 g/mol. The van der Waals surface area contributed by atoms with Gasteiger partial charge in [0.15, 0.2) is 5.78 Å². The molecule has 1 aliphatic heterocycles. The van der Waals surface area contributed by atoms with E-state index < -0.39 is 0 Å². The summed E-state index contributed by atoms with van der Waals surface area (Å²) in [5.41, 5.74) is 1.36. The van der Waals surface area contributed by atoms with Crippen molar-refractivity contribution in [3.63, 3.8) is 0 Å². The van der Waals surface area contributed by atoms with Crippen molar-refractivity contribution in [1.82, 2.24) is 0 Å². The lowest BCUT2D eigenvalue weighted by Crippen LogP contribution is -2.09. The van der Waals surface area contributed by atoms with Gasteiger partial charge in [-0.15, -0.1) is 0 Å². The number of benzene rings is 1. The molecule has 0 amide bonds. The summed E-state index contributed by atoms with van der Waals surface area (Å²) in [7, 11) is 1.54. The minimum absolute atomic E-state index is 0.0579. The number of hydrogen-bond donors (Lipinski definition) is 0. The normalized spacial score (nSPS) is 18.7. The predicted octanol–water partition coefficient (Wildman–Crippen LogP) is 2.24. The first-order valence-electron chi connectivity index (χ1n) is 4.63. The number of rotatable bonds is 3. The first-order chi connectivity index (χ1) is 7.13. The zero-order chi connectivity index (χ0) is 11.0. The van der Waals surface area contributed by atoms with Crippen LogP contribution in [-0.2, 0) is 4.74 Å². The van der Waals surface area contributed by atoms with Gasteiger partial charge in [-0.2, -0.15) is 0 Å². The van der Waals surface area contributed by atoms with Gasteiger partial charge in [0.1, 0.15) is 11.9 Å². The molecule has 1 saturated heterocycles. The molecule has 1 unspecified atom stereocenters. The smallest absolute Gasteiger partial charge is 0.197 e. The number of methoxy groups -OCH3 is 1. The van der Waals surface area contributed by atoms with Crippen LogP contribution in [0.1, 0.15) is 15.9 Å². The summed E-state index contributed by atoms with van der Waals surface area (Å²) in [6, 6.07) is 3.39.